The zero-order chi connectivity index (χ0) is 18.7. The number of nitrogens with one attached hydrogen (secondary N) is 1. The van der Waals surface area contributed by atoms with Crippen LogP contribution in [-0.2, 0) is 21.4 Å². The Morgan fingerprint density at radius 1 is 1.12 bits per heavy atom. The van der Waals surface area contributed by atoms with Crippen molar-refractivity contribution in [1.82, 2.24) is 9.29 Å². The van der Waals surface area contributed by atoms with E-state index in [9.17, 15) is 13.2 Å². The number of benzene rings is 2. The Bertz CT molecular complexity index is 1040. The van der Waals surface area contributed by atoms with Crippen LogP contribution in [0.1, 0.15) is 12.5 Å². The second kappa shape index (κ2) is 7.21. The maximum Gasteiger partial charge on any atom is 0.264 e. The summed E-state index contributed by atoms with van der Waals surface area (Å²) in [5.74, 6) is 0.154. The van der Waals surface area contributed by atoms with E-state index in [1.807, 2.05) is 38.1 Å². The number of amides is 1. The minimum absolute atomic E-state index is 0.0650. The topological polar surface area (TPSA) is 77.4 Å². The molecule has 0 aliphatic heterocycles. The van der Waals surface area contributed by atoms with E-state index in [1.165, 1.54) is 12.1 Å². The van der Waals surface area contributed by atoms with Gasteiger partial charge < -0.3 is 9.30 Å². The minimum atomic E-state index is -3.88. The highest BCUT2D eigenvalue weighted by Crippen LogP contribution is 2.22. The summed E-state index contributed by atoms with van der Waals surface area (Å²) in [5, 5.41) is 0.921. The molecule has 26 heavy (non-hydrogen) atoms. The molecule has 0 aliphatic rings. The van der Waals surface area contributed by atoms with Gasteiger partial charge in [0.1, 0.15) is 12.3 Å². The lowest BCUT2D eigenvalue weighted by molar-refractivity contribution is -0.119. The van der Waals surface area contributed by atoms with Crippen molar-refractivity contribution in [3.8, 4) is 5.75 Å². The fraction of sp³-hybridized carbons (Fsp3) is 0.211. The number of hydrogen-bond acceptors (Lipinski definition) is 4. The maximum absolute atomic E-state index is 12.3. The van der Waals surface area contributed by atoms with E-state index in [-0.39, 0.29) is 11.4 Å². The standard InChI is InChI=1S/C19H20N2O4S/c1-3-25-16-6-9-18-15(12-16)10-11-21(18)13-19(22)20-26(23,24)17-7-4-14(2)5-8-17/h4-12H,3,13H2,1-2H3,(H,20,22). The van der Waals surface area contributed by atoms with Crippen molar-refractivity contribution >= 4 is 26.8 Å². The lowest BCUT2D eigenvalue weighted by Gasteiger charge is -2.09. The molecule has 0 saturated heterocycles. The molecule has 0 spiro atoms. The van der Waals surface area contributed by atoms with Crippen LogP contribution in [0.15, 0.2) is 59.6 Å². The van der Waals surface area contributed by atoms with Gasteiger partial charge in [-0.3, -0.25) is 4.79 Å². The molecule has 0 bridgehead atoms. The zero-order valence-corrected chi connectivity index (χ0v) is 15.4. The molecule has 3 rings (SSSR count). The van der Waals surface area contributed by atoms with Crippen LogP contribution in [0.3, 0.4) is 0 Å². The predicted molar refractivity (Wildman–Crippen MR) is 99.6 cm³/mol. The molecule has 1 aromatic heterocycles. The average Bonchev–Trinajstić information content (AvgIpc) is 2.97. The molecule has 6 nitrogen and oxygen atoms in total. The normalized spacial score (nSPS) is 11.5. The first kappa shape index (κ1) is 18.0. The third kappa shape index (κ3) is 3.88. The van der Waals surface area contributed by atoms with E-state index in [0.29, 0.717) is 6.61 Å². The van der Waals surface area contributed by atoms with Gasteiger partial charge in [0.15, 0.2) is 0 Å². The van der Waals surface area contributed by atoms with Gasteiger partial charge in [-0.25, -0.2) is 13.1 Å². The second-order valence-electron chi connectivity index (χ2n) is 5.94. The van der Waals surface area contributed by atoms with Crippen LogP contribution < -0.4 is 9.46 Å². The quantitative estimate of drug-likeness (QED) is 0.722. The van der Waals surface area contributed by atoms with Gasteiger partial charge in [-0.15, -0.1) is 0 Å². The smallest absolute Gasteiger partial charge is 0.264 e. The molecular formula is C19H20N2O4S. The Kier molecular flexibility index (Phi) is 4.99. The van der Waals surface area contributed by atoms with Crippen LogP contribution in [0, 0.1) is 6.92 Å². The highest BCUT2D eigenvalue weighted by molar-refractivity contribution is 7.90. The fourth-order valence-electron chi connectivity index (χ4n) is 2.69. The number of sulfonamides is 1. The van der Waals surface area contributed by atoms with Crippen LogP contribution in [0.2, 0.25) is 0 Å². The van der Waals surface area contributed by atoms with E-state index in [2.05, 4.69) is 4.72 Å². The highest BCUT2D eigenvalue weighted by atomic mass is 32.2. The molecule has 1 N–H and O–H groups in total. The van der Waals surface area contributed by atoms with Crippen molar-refractivity contribution < 1.29 is 17.9 Å². The molecule has 1 amide bonds. The summed E-state index contributed by atoms with van der Waals surface area (Å²) in [6.07, 6.45) is 1.75. The molecule has 1 heterocycles. The largest absolute Gasteiger partial charge is 0.494 e. The van der Waals surface area contributed by atoms with E-state index >= 15 is 0 Å². The molecule has 0 saturated carbocycles. The number of hydrogen-bond donors (Lipinski definition) is 1. The van der Waals surface area contributed by atoms with Crippen LogP contribution >= 0.6 is 0 Å². The summed E-state index contributed by atoms with van der Waals surface area (Å²) < 4.78 is 33.9. The summed E-state index contributed by atoms with van der Waals surface area (Å²) in [6, 6.07) is 13.8. The molecule has 2 aromatic carbocycles. The predicted octanol–water partition coefficient (Wildman–Crippen LogP) is 2.85. The number of fused-ring (bicyclic) bond motifs is 1. The van der Waals surface area contributed by atoms with Gasteiger partial charge in [-0.2, -0.15) is 0 Å². The molecule has 7 heteroatoms. The fourth-order valence-corrected chi connectivity index (χ4v) is 3.66. The van der Waals surface area contributed by atoms with Crippen molar-refractivity contribution in [2.24, 2.45) is 0 Å². The summed E-state index contributed by atoms with van der Waals surface area (Å²) in [7, 11) is -3.88. The Morgan fingerprint density at radius 3 is 2.54 bits per heavy atom. The molecule has 3 aromatic rings. The van der Waals surface area contributed by atoms with E-state index in [0.717, 1.165) is 22.2 Å². The van der Waals surface area contributed by atoms with Gasteiger partial charge in [0, 0.05) is 17.1 Å². The van der Waals surface area contributed by atoms with E-state index in [1.54, 1.807) is 22.9 Å². The average molecular weight is 372 g/mol. The Morgan fingerprint density at radius 2 is 1.85 bits per heavy atom. The second-order valence-corrected chi connectivity index (χ2v) is 7.62. The van der Waals surface area contributed by atoms with Gasteiger partial charge in [0.05, 0.1) is 11.5 Å². The third-order valence-electron chi connectivity index (χ3n) is 3.95. The van der Waals surface area contributed by atoms with Crippen molar-refractivity contribution in [3.63, 3.8) is 0 Å². The van der Waals surface area contributed by atoms with Crippen LogP contribution in [-0.4, -0.2) is 25.5 Å². The molecule has 0 aliphatic carbocycles. The first-order valence-electron chi connectivity index (χ1n) is 8.23. The Hall–Kier alpha value is -2.80. The zero-order valence-electron chi connectivity index (χ0n) is 14.6. The van der Waals surface area contributed by atoms with Gasteiger partial charge in [-0.1, -0.05) is 17.7 Å². The summed E-state index contributed by atoms with van der Waals surface area (Å²) in [5.41, 5.74) is 1.77. The number of rotatable bonds is 6. The minimum Gasteiger partial charge on any atom is -0.494 e. The summed E-state index contributed by atoms with van der Waals surface area (Å²) in [4.78, 5) is 12.3. The molecule has 0 radical (unpaired) electrons. The van der Waals surface area contributed by atoms with Gasteiger partial charge in [-0.05, 0) is 50.2 Å². The number of ether oxygens (including phenoxy) is 1. The van der Waals surface area contributed by atoms with E-state index in [4.69, 9.17) is 4.74 Å². The van der Waals surface area contributed by atoms with Crippen molar-refractivity contribution in [2.75, 3.05) is 6.61 Å². The summed E-state index contributed by atoms with van der Waals surface area (Å²) in [6.45, 7) is 4.26. The summed E-state index contributed by atoms with van der Waals surface area (Å²) >= 11 is 0. The lowest BCUT2D eigenvalue weighted by atomic mass is 10.2. The highest BCUT2D eigenvalue weighted by Gasteiger charge is 2.18. The van der Waals surface area contributed by atoms with Crippen LogP contribution in [0.25, 0.3) is 10.9 Å². The van der Waals surface area contributed by atoms with E-state index < -0.39 is 15.9 Å². The number of carbonyl (C=O) groups excluding carboxylic acids is 1. The number of carbonyl (C=O) groups is 1. The number of aromatic nitrogens is 1. The maximum atomic E-state index is 12.3. The molecular weight excluding hydrogens is 352 g/mol. The van der Waals surface area contributed by atoms with Crippen molar-refractivity contribution in [2.45, 2.75) is 25.3 Å². The van der Waals surface area contributed by atoms with Crippen LogP contribution in [0.4, 0.5) is 0 Å². The Balaban J connectivity index is 1.75. The van der Waals surface area contributed by atoms with Crippen molar-refractivity contribution in [1.29, 1.82) is 0 Å². The third-order valence-corrected chi connectivity index (χ3v) is 5.34. The van der Waals surface area contributed by atoms with Crippen LogP contribution in [0.5, 0.6) is 5.75 Å². The first-order chi connectivity index (χ1) is 12.4. The number of nitrogens with zero attached hydrogens (tertiary/aromatic N) is 1. The number of aryl methyl sites for hydroxylation is 1. The molecule has 0 fully saturated rings. The molecule has 0 atom stereocenters. The Labute approximate surface area is 152 Å². The van der Waals surface area contributed by atoms with Gasteiger partial charge in [0.2, 0.25) is 0 Å². The van der Waals surface area contributed by atoms with Gasteiger partial charge >= 0.3 is 0 Å². The molecule has 136 valence electrons. The monoisotopic (exact) mass is 372 g/mol. The SMILES string of the molecule is CCOc1ccc2c(ccn2CC(=O)NS(=O)(=O)c2ccc(C)cc2)c1. The van der Waals surface area contributed by atoms with Gasteiger partial charge in [0.25, 0.3) is 15.9 Å². The molecule has 0 unspecified atom stereocenters. The van der Waals surface area contributed by atoms with Crippen molar-refractivity contribution in [3.05, 3.63) is 60.3 Å². The first-order valence-corrected chi connectivity index (χ1v) is 9.71. The lowest BCUT2D eigenvalue weighted by Crippen LogP contribution is -2.33.